The second-order valence-corrected chi connectivity index (χ2v) is 6.49. The quantitative estimate of drug-likeness (QED) is 0.825. The summed E-state index contributed by atoms with van der Waals surface area (Å²) in [5.74, 6) is -1.15. The normalized spacial score (nSPS) is 16.9. The van der Waals surface area contributed by atoms with E-state index in [0.29, 0.717) is 13.1 Å². The minimum atomic E-state index is -3.63. The molecule has 2 rings (SSSR count). The van der Waals surface area contributed by atoms with Crippen molar-refractivity contribution in [2.75, 3.05) is 13.1 Å². The predicted octanol–water partition coefficient (Wildman–Crippen LogP) is 1.46. The maximum Gasteiger partial charge on any atom is 0.335 e. The number of hydrogen-bond donors (Lipinski definition) is 2. The highest BCUT2D eigenvalue weighted by molar-refractivity contribution is 7.90. The summed E-state index contributed by atoms with van der Waals surface area (Å²) in [6.45, 7) is 0.958. The van der Waals surface area contributed by atoms with Gasteiger partial charge in [0.1, 0.15) is 0 Å². The molecule has 0 radical (unpaired) electrons. The lowest BCUT2D eigenvalue weighted by Gasteiger charge is -2.17. The standard InChI is InChI=1S/C11H13NO4S2/c13-11(14)8-3-4-9(17)10(7-8)18(15,16)12-5-1-2-6-12/h3-4,7,17H,1-2,5-6H2,(H,13,14). The number of benzene rings is 1. The average Bonchev–Trinajstić information content (AvgIpc) is 2.82. The first-order chi connectivity index (χ1) is 8.43. The average molecular weight is 287 g/mol. The maximum atomic E-state index is 12.3. The molecule has 0 aliphatic carbocycles. The lowest BCUT2D eigenvalue weighted by atomic mass is 10.2. The molecule has 1 saturated heterocycles. The van der Waals surface area contributed by atoms with Crippen LogP contribution in [0.4, 0.5) is 0 Å². The number of sulfonamides is 1. The number of carboxylic acids is 1. The Kier molecular flexibility index (Phi) is 3.65. The Morgan fingerprint density at radius 3 is 2.44 bits per heavy atom. The van der Waals surface area contributed by atoms with Crippen LogP contribution in [-0.4, -0.2) is 36.9 Å². The third-order valence-corrected chi connectivity index (χ3v) is 5.37. The van der Waals surface area contributed by atoms with Gasteiger partial charge in [0.25, 0.3) is 0 Å². The highest BCUT2D eigenvalue weighted by Gasteiger charge is 2.29. The Hall–Kier alpha value is -1.05. The zero-order valence-electron chi connectivity index (χ0n) is 9.54. The van der Waals surface area contributed by atoms with Gasteiger partial charge in [0.15, 0.2) is 0 Å². The molecule has 0 unspecified atom stereocenters. The van der Waals surface area contributed by atoms with E-state index in [2.05, 4.69) is 12.6 Å². The van der Waals surface area contributed by atoms with E-state index in [1.807, 2.05) is 0 Å². The van der Waals surface area contributed by atoms with Gasteiger partial charge in [0.05, 0.1) is 10.5 Å². The molecule has 0 bridgehead atoms. The van der Waals surface area contributed by atoms with Crippen LogP contribution < -0.4 is 0 Å². The van der Waals surface area contributed by atoms with Crippen LogP contribution in [0.5, 0.6) is 0 Å². The Labute approximate surface area is 111 Å². The zero-order valence-corrected chi connectivity index (χ0v) is 11.2. The summed E-state index contributed by atoms with van der Waals surface area (Å²) >= 11 is 4.10. The van der Waals surface area contributed by atoms with Crippen LogP contribution in [-0.2, 0) is 10.0 Å². The summed E-state index contributed by atoms with van der Waals surface area (Å²) in [5.41, 5.74) is -0.0504. The summed E-state index contributed by atoms with van der Waals surface area (Å²) in [5, 5.41) is 8.90. The number of thiol groups is 1. The third-order valence-electron chi connectivity index (χ3n) is 2.89. The Bertz CT molecular complexity index is 577. The third kappa shape index (κ3) is 2.38. The highest BCUT2D eigenvalue weighted by atomic mass is 32.2. The molecule has 0 spiro atoms. The first-order valence-electron chi connectivity index (χ1n) is 5.49. The van der Waals surface area contributed by atoms with Gasteiger partial charge < -0.3 is 5.11 Å². The van der Waals surface area contributed by atoms with Crippen molar-refractivity contribution in [2.45, 2.75) is 22.6 Å². The van der Waals surface area contributed by atoms with Crippen molar-refractivity contribution in [1.82, 2.24) is 4.31 Å². The Balaban J connectivity index is 2.49. The van der Waals surface area contributed by atoms with Crippen LogP contribution in [0.15, 0.2) is 28.0 Å². The molecule has 1 aliphatic rings. The van der Waals surface area contributed by atoms with E-state index in [9.17, 15) is 13.2 Å². The van der Waals surface area contributed by atoms with Crippen LogP contribution >= 0.6 is 12.6 Å². The molecule has 0 aromatic heterocycles. The zero-order chi connectivity index (χ0) is 13.3. The molecule has 18 heavy (non-hydrogen) atoms. The highest BCUT2D eigenvalue weighted by Crippen LogP contribution is 2.27. The van der Waals surface area contributed by atoms with Crippen molar-refractivity contribution in [2.24, 2.45) is 0 Å². The van der Waals surface area contributed by atoms with Crippen LogP contribution in [0.1, 0.15) is 23.2 Å². The lowest BCUT2D eigenvalue weighted by Crippen LogP contribution is -2.28. The van der Waals surface area contributed by atoms with Crippen molar-refractivity contribution in [3.8, 4) is 0 Å². The van der Waals surface area contributed by atoms with Gasteiger partial charge in [-0.1, -0.05) is 0 Å². The van der Waals surface area contributed by atoms with Crippen molar-refractivity contribution in [3.05, 3.63) is 23.8 Å². The number of carboxylic acid groups (broad SMARTS) is 1. The van der Waals surface area contributed by atoms with Gasteiger partial charge in [-0.2, -0.15) is 4.31 Å². The molecule has 0 atom stereocenters. The molecular weight excluding hydrogens is 274 g/mol. The predicted molar refractivity (Wildman–Crippen MR) is 68.6 cm³/mol. The number of hydrogen-bond acceptors (Lipinski definition) is 4. The molecule has 0 saturated carbocycles. The topological polar surface area (TPSA) is 74.7 Å². The number of nitrogens with zero attached hydrogens (tertiary/aromatic N) is 1. The van der Waals surface area contributed by atoms with Gasteiger partial charge in [0.2, 0.25) is 10.0 Å². The van der Waals surface area contributed by atoms with E-state index >= 15 is 0 Å². The molecule has 1 aromatic rings. The summed E-state index contributed by atoms with van der Waals surface area (Å²) in [4.78, 5) is 11.1. The number of carbonyl (C=O) groups is 1. The van der Waals surface area contributed by atoms with E-state index in [0.717, 1.165) is 18.9 Å². The van der Waals surface area contributed by atoms with Gasteiger partial charge in [0, 0.05) is 18.0 Å². The molecule has 5 nitrogen and oxygen atoms in total. The van der Waals surface area contributed by atoms with Crippen LogP contribution in [0, 0.1) is 0 Å². The minimum Gasteiger partial charge on any atom is -0.478 e. The Morgan fingerprint density at radius 2 is 1.89 bits per heavy atom. The maximum absolute atomic E-state index is 12.3. The molecule has 0 amide bonds. The molecule has 98 valence electrons. The van der Waals surface area contributed by atoms with Crippen molar-refractivity contribution in [3.63, 3.8) is 0 Å². The smallest absolute Gasteiger partial charge is 0.335 e. The summed E-state index contributed by atoms with van der Waals surface area (Å²) in [7, 11) is -3.63. The molecule has 1 aromatic carbocycles. The first kappa shape index (κ1) is 13.4. The second-order valence-electron chi connectivity index (χ2n) is 4.10. The van der Waals surface area contributed by atoms with Gasteiger partial charge >= 0.3 is 5.97 Å². The SMILES string of the molecule is O=C(O)c1ccc(S)c(S(=O)(=O)N2CCCC2)c1. The molecule has 1 N–H and O–H groups in total. The van der Waals surface area contributed by atoms with Crippen molar-refractivity contribution >= 4 is 28.6 Å². The number of rotatable bonds is 3. The van der Waals surface area contributed by atoms with E-state index < -0.39 is 16.0 Å². The summed E-state index contributed by atoms with van der Waals surface area (Å²) in [6, 6.07) is 3.90. The van der Waals surface area contributed by atoms with Gasteiger partial charge in [-0.3, -0.25) is 0 Å². The van der Waals surface area contributed by atoms with Crippen molar-refractivity contribution < 1.29 is 18.3 Å². The summed E-state index contributed by atoms with van der Waals surface area (Å²) < 4.78 is 26.0. The monoisotopic (exact) mass is 287 g/mol. The summed E-state index contributed by atoms with van der Waals surface area (Å²) in [6.07, 6.45) is 1.67. The molecular formula is C11H13NO4S2. The van der Waals surface area contributed by atoms with Crippen LogP contribution in [0.3, 0.4) is 0 Å². The van der Waals surface area contributed by atoms with E-state index in [1.54, 1.807) is 0 Å². The van der Waals surface area contributed by atoms with Gasteiger partial charge in [-0.05, 0) is 31.0 Å². The largest absolute Gasteiger partial charge is 0.478 e. The molecule has 1 heterocycles. The van der Waals surface area contributed by atoms with Gasteiger partial charge in [-0.25, -0.2) is 13.2 Å². The van der Waals surface area contributed by atoms with Crippen LogP contribution in [0.2, 0.25) is 0 Å². The molecule has 1 fully saturated rings. The van der Waals surface area contributed by atoms with E-state index in [1.165, 1.54) is 16.4 Å². The molecule has 1 aliphatic heterocycles. The van der Waals surface area contributed by atoms with Crippen molar-refractivity contribution in [1.29, 1.82) is 0 Å². The fourth-order valence-corrected chi connectivity index (χ4v) is 4.03. The van der Waals surface area contributed by atoms with E-state index in [4.69, 9.17) is 5.11 Å². The fraction of sp³-hybridized carbons (Fsp3) is 0.364. The second kappa shape index (κ2) is 4.91. The minimum absolute atomic E-state index is 0.0346. The van der Waals surface area contributed by atoms with Crippen LogP contribution in [0.25, 0.3) is 0 Å². The first-order valence-corrected chi connectivity index (χ1v) is 7.38. The molecule has 7 heteroatoms. The van der Waals surface area contributed by atoms with E-state index in [-0.39, 0.29) is 15.4 Å². The van der Waals surface area contributed by atoms with Gasteiger partial charge in [-0.15, -0.1) is 12.6 Å². The Morgan fingerprint density at radius 1 is 1.28 bits per heavy atom. The lowest BCUT2D eigenvalue weighted by molar-refractivity contribution is 0.0696. The number of aromatic carboxylic acids is 1. The fourth-order valence-electron chi connectivity index (χ4n) is 1.92.